The molecule has 0 aliphatic rings. The van der Waals surface area contributed by atoms with E-state index in [0.29, 0.717) is 22.5 Å². The maximum absolute atomic E-state index is 12.7. The number of hydrogen-bond donors (Lipinski definition) is 2. The molecule has 0 bridgehead atoms. The molecule has 0 atom stereocenters. The Morgan fingerprint density at radius 2 is 1.13 bits per heavy atom. The van der Waals surface area contributed by atoms with Crippen LogP contribution in [0.3, 0.4) is 0 Å². The summed E-state index contributed by atoms with van der Waals surface area (Å²) in [6.45, 7) is 1.89. The molecule has 0 aliphatic heterocycles. The number of nitrogens with one attached hydrogen (secondary N) is 2. The van der Waals surface area contributed by atoms with Gasteiger partial charge in [0, 0.05) is 0 Å². The number of rotatable bonds is 7. The van der Waals surface area contributed by atoms with E-state index in [9.17, 15) is 16.8 Å². The van der Waals surface area contributed by atoms with E-state index in [-0.39, 0.29) is 4.90 Å². The Labute approximate surface area is 177 Å². The molecular formula is C22H22N2O4S2. The van der Waals surface area contributed by atoms with Crippen LogP contribution < -0.4 is 9.44 Å². The molecule has 0 spiro atoms. The summed E-state index contributed by atoms with van der Waals surface area (Å²) in [5, 5.41) is 0. The highest BCUT2D eigenvalue weighted by atomic mass is 32.2. The van der Waals surface area contributed by atoms with Gasteiger partial charge in [0.05, 0.1) is 22.5 Å². The van der Waals surface area contributed by atoms with Gasteiger partial charge in [0.15, 0.2) is 0 Å². The average Bonchev–Trinajstić information content (AvgIpc) is 2.67. The Morgan fingerprint density at radius 3 is 1.63 bits per heavy atom. The second-order valence-corrected chi connectivity index (χ2v) is 10.2. The fourth-order valence-corrected chi connectivity index (χ4v) is 4.44. The van der Waals surface area contributed by atoms with Crippen LogP contribution in [0.15, 0.2) is 77.7 Å². The molecule has 0 radical (unpaired) electrons. The van der Waals surface area contributed by atoms with Crippen LogP contribution in [0, 0.1) is 6.92 Å². The van der Waals surface area contributed by atoms with Crippen LogP contribution in [0.5, 0.6) is 0 Å². The van der Waals surface area contributed by atoms with Gasteiger partial charge in [-0.15, -0.1) is 0 Å². The Hall–Kier alpha value is -3.10. The van der Waals surface area contributed by atoms with Crippen molar-refractivity contribution in [2.24, 2.45) is 0 Å². The number of anilines is 2. The first-order valence-electron chi connectivity index (χ1n) is 9.07. The van der Waals surface area contributed by atoms with Crippen LogP contribution in [-0.4, -0.2) is 23.1 Å². The van der Waals surface area contributed by atoms with Crippen LogP contribution in [0.2, 0.25) is 0 Å². The highest BCUT2D eigenvalue weighted by molar-refractivity contribution is 7.92. The molecule has 0 saturated carbocycles. The molecule has 30 heavy (non-hydrogen) atoms. The fourth-order valence-electron chi connectivity index (χ4n) is 2.77. The number of benzene rings is 3. The van der Waals surface area contributed by atoms with Crippen molar-refractivity contribution in [3.8, 4) is 0 Å². The van der Waals surface area contributed by atoms with E-state index >= 15 is 0 Å². The molecule has 0 amide bonds. The molecule has 0 aromatic heterocycles. The van der Waals surface area contributed by atoms with E-state index in [1.54, 1.807) is 84.9 Å². The zero-order valence-electron chi connectivity index (χ0n) is 16.5. The molecule has 8 heteroatoms. The van der Waals surface area contributed by atoms with Gasteiger partial charge < -0.3 is 0 Å². The number of hydrogen-bond acceptors (Lipinski definition) is 4. The molecule has 3 rings (SSSR count). The van der Waals surface area contributed by atoms with Crippen molar-refractivity contribution in [1.82, 2.24) is 0 Å². The van der Waals surface area contributed by atoms with Crippen molar-refractivity contribution >= 4 is 43.6 Å². The van der Waals surface area contributed by atoms with E-state index in [0.717, 1.165) is 11.8 Å². The summed E-state index contributed by atoms with van der Waals surface area (Å²) in [6, 6.07) is 20.5. The first-order valence-corrected chi connectivity index (χ1v) is 12.4. The van der Waals surface area contributed by atoms with Gasteiger partial charge in [-0.2, -0.15) is 0 Å². The fraction of sp³-hybridized carbons (Fsp3) is 0.0909. The van der Waals surface area contributed by atoms with E-state index in [1.165, 1.54) is 0 Å². The van der Waals surface area contributed by atoms with Gasteiger partial charge in [-0.25, -0.2) is 16.8 Å². The third-order valence-corrected chi connectivity index (χ3v) is 6.21. The Kier molecular flexibility index (Phi) is 6.28. The molecule has 0 fully saturated rings. The summed E-state index contributed by atoms with van der Waals surface area (Å²) in [5.74, 6) is 0. The highest BCUT2D eigenvalue weighted by Gasteiger charge is 2.15. The average molecular weight is 443 g/mol. The van der Waals surface area contributed by atoms with Crippen molar-refractivity contribution in [2.45, 2.75) is 11.8 Å². The molecule has 2 N–H and O–H groups in total. The molecule has 0 heterocycles. The summed E-state index contributed by atoms with van der Waals surface area (Å²) in [7, 11) is -7.17. The van der Waals surface area contributed by atoms with Crippen molar-refractivity contribution in [3.63, 3.8) is 0 Å². The molecule has 156 valence electrons. The Bertz CT molecular complexity index is 1280. The lowest BCUT2D eigenvalue weighted by molar-refractivity contribution is 0.600. The number of aryl methyl sites for hydroxylation is 1. The van der Waals surface area contributed by atoms with E-state index in [1.807, 2.05) is 6.92 Å². The largest absolute Gasteiger partial charge is 0.283 e. The highest BCUT2D eigenvalue weighted by Crippen LogP contribution is 2.24. The monoisotopic (exact) mass is 442 g/mol. The zero-order valence-corrected chi connectivity index (χ0v) is 18.2. The first-order chi connectivity index (χ1) is 14.1. The third kappa shape index (κ3) is 5.71. The predicted molar refractivity (Wildman–Crippen MR) is 122 cm³/mol. The molecule has 3 aromatic rings. The molecule has 3 aromatic carbocycles. The third-order valence-electron chi connectivity index (χ3n) is 4.23. The van der Waals surface area contributed by atoms with Gasteiger partial charge >= 0.3 is 0 Å². The van der Waals surface area contributed by atoms with Crippen molar-refractivity contribution in [3.05, 3.63) is 89.5 Å². The van der Waals surface area contributed by atoms with Crippen LogP contribution in [0.25, 0.3) is 12.2 Å². The first kappa shape index (κ1) is 21.6. The van der Waals surface area contributed by atoms with Gasteiger partial charge in [-0.05, 0) is 42.3 Å². The summed E-state index contributed by atoms with van der Waals surface area (Å²) in [6.07, 6.45) is 4.55. The van der Waals surface area contributed by atoms with Crippen LogP contribution in [-0.2, 0) is 20.0 Å². The number of para-hydroxylation sites is 2. The van der Waals surface area contributed by atoms with E-state index in [2.05, 4.69) is 9.44 Å². The maximum atomic E-state index is 12.7. The van der Waals surface area contributed by atoms with Gasteiger partial charge in [0.2, 0.25) is 10.0 Å². The predicted octanol–water partition coefficient (Wildman–Crippen LogP) is 4.34. The smallest absolute Gasteiger partial charge is 0.261 e. The normalized spacial score (nSPS) is 12.1. The summed E-state index contributed by atoms with van der Waals surface area (Å²) >= 11 is 0. The van der Waals surface area contributed by atoms with Crippen LogP contribution in [0.4, 0.5) is 11.4 Å². The molecule has 6 nitrogen and oxygen atoms in total. The standard InChI is InChI=1S/C22H22N2O4S2/c1-17-11-15-20(16-12-17)30(27,28)24-22-10-6-4-8-19(22)14-13-18-7-3-5-9-21(18)23-29(2,25)26/h3-16,23-24H,1-2H3/b14-13+. The van der Waals surface area contributed by atoms with Crippen molar-refractivity contribution < 1.29 is 16.8 Å². The second kappa shape index (κ2) is 8.73. The maximum Gasteiger partial charge on any atom is 0.261 e. The summed E-state index contributed by atoms with van der Waals surface area (Å²) in [5.41, 5.74) is 3.12. The molecular weight excluding hydrogens is 420 g/mol. The summed E-state index contributed by atoms with van der Waals surface area (Å²) < 4.78 is 53.7. The van der Waals surface area contributed by atoms with Gasteiger partial charge in [-0.3, -0.25) is 9.44 Å². The molecule has 0 aliphatic carbocycles. The SMILES string of the molecule is Cc1ccc(S(=O)(=O)Nc2ccccc2/C=C/c2ccccc2NS(C)(=O)=O)cc1. The molecule has 0 unspecified atom stereocenters. The van der Waals surface area contributed by atoms with Crippen molar-refractivity contribution in [1.29, 1.82) is 0 Å². The Balaban J connectivity index is 1.91. The zero-order chi connectivity index (χ0) is 21.8. The van der Waals surface area contributed by atoms with Crippen molar-refractivity contribution in [2.75, 3.05) is 15.7 Å². The topological polar surface area (TPSA) is 92.3 Å². The minimum Gasteiger partial charge on any atom is -0.283 e. The lowest BCUT2D eigenvalue weighted by Crippen LogP contribution is -2.13. The second-order valence-electron chi connectivity index (χ2n) is 6.80. The molecule has 0 saturated heterocycles. The minimum absolute atomic E-state index is 0.176. The van der Waals surface area contributed by atoms with Crippen LogP contribution in [0.1, 0.15) is 16.7 Å². The quantitative estimate of drug-likeness (QED) is 0.533. The van der Waals surface area contributed by atoms with Gasteiger partial charge in [0.25, 0.3) is 10.0 Å². The Morgan fingerprint density at radius 1 is 0.667 bits per heavy atom. The lowest BCUT2D eigenvalue weighted by Gasteiger charge is -2.11. The van der Waals surface area contributed by atoms with Crippen LogP contribution >= 0.6 is 0 Å². The van der Waals surface area contributed by atoms with Gasteiger partial charge in [0.1, 0.15) is 0 Å². The minimum atomic E-state index is -3.74. The van der Waals surface area contributed by atoms with E-state index in [4.69, 9.17) is 0 Å². The van der Waals surface area contributed by atoms with E-state index < -0.39 is 20.0 Å². The number of sulfonamides is 2. The lowest BCUT2D eigenvalue weighted by atomic mass is 10.1. The summed E-state index contributed by atoms with van der Waals surface area (Å²) in [4.78, 5) is 0.176. The van der Waals surface area contributed by atoms with Gasteiger partial charge in [-0.1, -0.05) is 66.2 Å².